The molecule has 3 rings (SSSR count). The van der Waals surface area contributed by atoms with Crippen molar-refractivity contribution in [2.75, 3.05) is 0 Å². The minimum Gasteiger partial charge on any atom is -0.439 e. The van der Waals surface area contributed by atoms with Crippen molar-refractivity contribution >= 4 is 6.09 Å². The first-order valence-electron chi connectivity index (χ1n) is 8.17. The number of carbonyl (C=O) groups excluding carboxylic acids is 1. The number of amides is 1. The molecular formula is C17H13F6N3O3. The molecule has 156 valence electrons. The summed E-state index contributed by atoms with van der Waals surface area (Å²) in [6.45, 7) is 1.07. The average molecular weight is 421 g/mol. The molecule has 0 bridgehead atoms. The topological polar surface area (TPSA) is 75.3 Å². The molecule has 0 saturated carbocycles. The molecule has 2 heterocycles. The fourth-order valence-electron chi connectivity index (χ4n) is 2.96. The highest BCUT2D eigenvalue weighted by Crippen LogP contribution is 2.40. The molecule has 12 heteroatoms. The van der Waals surface area contributed by atoms with Crippen molar-refractivity contribution in [2.45, 2.75) is 38.0 Å². The molecule has 6 nitrogen and oxygen atoms in total. The molecule has 0 unspecified atom stereocenters. The molecule has 29 heavy (non-hydrogen) atoms. The average Bonchev–Trinajstić information content (AvgIpc) is 2.90. The van der Waals surface area contributed by atoms with E-state index in [-0.39, 0.29) is 18.3 Å². The van der Waals surface area contributed by atoms with Crippen molar-refractivity contribution in [3.05, 3.63) is 63.3 Å². The van der Waals surface area contributed by atoms with Gasteiger partial charge < -0.3 is 9.72 Å². The molecule has 2 aromatic rings. The van der Waals surface area contributed by atoms with Gasteiger partial charge in [-0.25, -0.2) is 4.79 Å². The fourth-order valence-corrected chi connectivity index (χ4v) is 2.96. The van der Waals surface area contributed by atoms with Crippen molar-refractivity contribution in [2.24, 2.45) is 0 Å². The minimum atomic E-state index is -5.02. The lowest BCUT2D eigenvalue weighted by molar-refractivity contribution is -0.143. The third-order valence-corrected chi connectivity index (χ3v) is 4.43. The van der Waals surface area contributed by atoms with E-state index >= 15 is 0 Å². The number of H-pyrrole nitrogens is 1. The number of nitrogens with zero attached hydrogens (tertiary/aromatic N) is 2. The van der Waals surface area contributed by atoms with E-state index in [0.717, 1.165) is 4.90 Å². The number of hydrogen-bond donors (Lipinski definition) is 1. The van der Waals surface area contributed by atoms with E-state index in [9.17, 15) is 35.9 Å². The van der Waals surface area contributed by atoms with Gasteiger partial charge in [-0.05, 0) is 30.7 Å². The number of aromatic nitrogens is 2. The molecule has 1 aromatic heterocycles. The summed E-state index contributed by atoms with van der Waals surface area (Å²) < 4.78 is 83.5. The van der Waals surface area contributed by atoms with Gasteiger partial charge in [0.1, 0.15) is 11.8 Å². The number of carbonyl (C=O) groups is 1. The van der Waals surface area contributed by atoms with Crippen LogP contribution in [-0.2, 0) is 23.6 Å². The number of rotatable bonds is 3. The lowest BCUT2D eigenvalue weighted by Crippen LogP contribution is -2.34. The zero-order valence-corrected chi connectivity index (χ0v) is 14.6. The van der Waals surface area contributed by atoms with Crippen molar-refractivity contribution in [1.82, 2.24) is 14.9 Å². The van der Waals surface area contributed by atoms with Crippen LogP contribution in [-0.4, -0.2) is 27.0 Å². The number of nitrogens with one attached hydrogen (secondary N) is 1. The van der Waals surface area contributed by atoms with Gasteiger partial charge in [-0.1, -0.05) is 0 Å². The second kappa shape index (κ2) is 7.08. The Kier molecular flexibility index (Phi) is 5.05. The standard InChI is InChI=1S/C17H13F6N3O3/c1-8-13(29-15(28)26(8)7-12-14(27)25-3-2-24-12)9-4-10(16(18,19)20)6-11(5-9)17(21,22)23/h2-6,8,13H,7H2,1H3,(H,25,27)/t8-,13-/m0/s1. The second-order valence-electron chi connectivity index (χ2n) is 6.38. The third-order valence-electron chi connectivity index (χ3n) is 4.43. The van der Waals surface area contributed by atoms with Crippen LogP contribution in [0.15, 0.2) is 35.4 Å². The van der Waals surface area contributed by atoms with Gasteiger partial charge in [-0.3, -0.25) is 14.7 Å². The molecular weight excluding hydrogens is 408 g/mol. The number of cyclic esters (lactones) is 1. The van der Waals surface area contributed by atoms with Gasteiger partial charge in [0.2, 0.25) is 0 Å². The number of hydrogen-bond acceptors (Lipinski definition) is 4. The first kappa shape index (κ1) is 20.7. The number of halogens is 6. The maximum Gasteiger partial charge on any atom is 0.416 e. The van der Waals surface area contributed by atoms with Crippen LogP contribution in [0, 0.1) is 0 Å². The molecule has 1 aromatic carbocycles. The molecule has 1 N–H and O–H groups in total. The predicted molar refractivity (Wildman–Crippen MR) is 85.5 cm³/mol. The molecule has 0 spiro atoms. The summed E-state index contributed by atoms with van der Waals surface area (Å²) >= 11 is 0. The van der Waals surface area contributed by atoms with Crippen LogP contribution in [0.3, 0.4) is 0 Å². The Morgan fingerprint density at radius 1 is 1.07 bits per heavy atom. The normalized spacial score (nSPS) is 20.1. The number of aromatic amines is 1. The van der Waals surface area contributed by atoms with E-state index < -0.39 is 52.8 Å². The third kappa shape index (κ3) is 4.20. The summed E-state index contributed by atoms with van der Waals surface area (Å²) in [5.41, 5.74) is -4.12. The predicted octanol–water partition coefficient (Wildman–Crippen LogP) is 3.89. The first-order valence-corrected chi connectivity index (χ1v) is 8.17. The van der Waals surface area contributed by atoms with Crippen LogP contribution in [0.5, 0.6) is 0 Å². The lowest BCUT2D eigenvalue weighted by atomic mass is 9.97. The lowest BCUT2D eigenvalue weighted by Gasteiger charge is -2.22. The van der Waals surface area contributed by atoms with E-state index in [2.05, 4.69) is 9.97 Å². The summed E-state index contributed by atoms with van der Waals surface area (Å²) in [7, 11) is 0. The largest absolute Gasteiger partial charge is 0.439 e. The molecule has 1 fully saturated rings. The van der Waals surface area contributed by atoms with E-state index in [1.165, 1.54) is 19.3 Å². The summed E-state index contributed by atoms with van der Waals surface area (Å²) in [6, 6.07) is 0.0750. The van der Waals surface area contributed by atoms with E-state index in [1.54, 1.807) is 0 Å². The molecule has 2 atom stereocenters. The number of alkyl halides is 6. The summed E-state index contributed by atoms with van der Waals surface area (Å²) in [5, 5.41) is 0. The maximum atomic E-state index is 13.1. The highest BCUT2D eigenvalue weighted by Gasteiger charge is 2.43. The molecule has 0 radical (unpaired) electrons. The maximum absolute atomic E-state index is 13.1. The fraction of sp³-hybridized carbons (Fsp3) is 0.353. The second-order valence-corrected chi connectivity index (χ2v) is 6.38. The Bertz CT molecular complexity index is 953. The zero-order chi connectivity index (χ0) is 21.6. The van der Waals surface area contributed by atoms with Crippen LogP contribution in [0.1, 0.15) is 35.4 Å². The van der Waals surface area contributed by atoms with Crippen LogP contribution in [0.2, 0.25) is 0 Å². The van der Waals surface area contributed by atoms with Gasteiger partial charge >= 0.3 is 18.4 Å². The van der Waals surface area contributed by atoms with Crippen LogP contribution in [0.4, 0.5) is 31.1 Å². The van der Waals surface area contributed by atoms with E-state index in [1.807, 2.05) is 0 Å². The highest BCUT2D eigenvalue weighted by molar-refractivity contribution is 5.71. The first-order chi connectivity index (χ1) is 13.4. The Balaban J connectivity index is 1.97. The van der Waals surface area contributed by atoms with Gasteiger partial charge in [0, 0.05) is 12.4 Å². The Morgan fingerprint density at radius 2 is 1.66 bits per heavy atom. The van der Waals surface area contributed by atoms with Crippen LogP contribution < -0.4 is 5.56 Å². The quantitative estimate of drug-likeness (QED) is 0.764. The molecule has 1 aliphatic rings. The smallest absolute Gasteiger partial charge is 0.416 e. The van der Waals surface area contributed by atoms with Crippen LogP contribution in [0.25, 0.3) is 0 Å². The molecule has 1 aliphatic heterocycles. The van der Waals surface area contributed by atoms with Gasteiger partial charge in [0.15, 0.2) is 0 Å². The van der Waals surface area contributed by atoms with Gasteiger partial charge in [0.05, 0.1) is 23.7 Å². The highest BCUT2D eigenvalue weighted by atomic mass is 19.4. The SMILES string of the molecule is C[C@H]1[C@@H](c2cc(C(F)(F)F)cc(C(F)(F)F)c2)OC(=O)N1Cc1ncc[nH]c1=O. The molecule has 1 saturated heterocycles. The van der Waals surface area contributed by atoms with Crippen LogP contribution >= 0.6 is 0 Å². The van der Waals surface area contributed by atoms with E-state index in [4.69, 9.17) is 4.74 Å². The Labute approximate surface area is 159 Å². The van der Waals surface area contributed by atoms with Gasteiger partial charge in [-0.15, -0.1) is 0 Å². The van der Waals surface area contributed by atoms with Crippen molar-refractivity contribution < 1.29 is 35.9 Å². The summed E-state index contributed by atoms with van der Waals surface area (Å²) in [4.78, 5) is 31.1. The number of ether oxygens (including phenoxy) is 1. The van der Waals surface area contributed by atoms with E-state index in [0.29, 0.717) is 12.1 Å². The van der Waals surface area contributed by atoms with Crippen molar-refractivity contribution in [1.29, 1.82) is 0 Å². The number of benzene rings is 1. The molecule has 0 aliphatic carbocycles. The van der Waals surface area contributed by atoms with Gasteiger partial charge in [-0.2, -0.15) is 26.3 Å². The van der Waals surface area contributed by atoms with Crippen molar-refractivity contribution in [3.8, 4) is 0 Å². The molecule has 1 amide bonds. The minimum absolute atomic E-state index is 0.00383. The zero-order valence-electron chi connectivity index (χ0n) is 14.6. The summed E-state index contributed by atoms with van der Waals surface area (Å²) in [6.07, 6.45) is -9.90. The van der Waals surface area contributed by atoms with Gasteiger partial charge in [0.25, 0.3) is 5.56 Å². The Hall–Kier alpha value is -3.05. The summed E-state index contributed by atoms with van der Waals surface area (Å²) in [5.74, 6) is 0. The Morgan fingerprint density at radius 3 is 2.17 bits per heavy atom. The monoisotopic (exact) mass is 421 g/mol. The van der Waals surface area contributed by atoms with Crippen molar-refractivity contribution in [3.63, 3.8) is 0 Å².